The maximum atomic E-state index is 13.1. The van der Waals surface area contributed by atoms with Crippen molar-refractivity contribution in [2.24, 2.45) is 0 Å². The van der Waals surface area contributed by atoms with Gasteiger partial charge < -0.3 is 0 Å². The summed E-state index contributed by atoms with van der Waals surface area (Å²) in [6, 6.07) is 19.6. The summed E-state index contributed by atoms with van der Waals surface area (Å²) in [5, 5.41) is 0. The van der Waals surface area contributed by atoms with Gasteiger partial charge in [-0.05, 0) is 25.6 Å². The Labute approximate surface area is 132 Å². The first-order valence-electron chi connectivity index (χ1n) is 7.67. The molecular formula is C20H21NO. The molecule has 0 radical (unpaired) electrons. The number of likely N-dealkylation sites (N-methyl/N-ethyl adjacent to an activating group) is 1. The summed E-state index contributed by atoms with van der Waals surface area (Å²) in [4.78, 5) is 15.3. The van der Waals surface area contributed by atoms with Crippen LogP contribution in [0.25, 0.3) is 0 Å². The van der Waals surface area contributed by atoms with E-state index in [0.717, 1.165) is 18.5 Å². The van der Waals surface area contributed by atoms with Gasteiger partial charge in [0.25, 0.3) is 0 Å². The van der Waals surface area contributed by atoms with E-state index < -0.39 is 0 Å². The number of nitrogens with zero attached hydrogens (tertiary/aromatic N) is 1. The summed E-state index contributed by atoms with van der Waals surface area (Å²) >= 11 is 0. The van der Waals surface area contributed by atoms with Gasteiger partial charge in [-0.1, -0.05) is 66.7 Å². The van der Waals surface area contributed by atoms with Gasteiger partial charge in [0.1, 0.15) is 0 Å². The highest BCUT2D eigenvalue weighted by molar-refractivity contribution is 6.01. The molecule has 1 aliphatic heterocycles. The van der Waals surface area contributed by atoms with E-state index in [-0.39, 0.29) is 17.2 Å². The number of rotatable bonds is 4. The highest BCUT2D eigenvalue weighted by Crippen LogP contribution is 2.41. The van der Waals surface area contributed by atoms with Crippen LogP contribution in [0, 0.1) is 0 Å². The molecular weight excluding hydrogens is 270 g/mol. The number of carbonyl (C=O) groups excluding carboxylic acids is 1. The van der Waals surface area contributed by atoms with E-state index in [0.29, 0.717) is 0 Å². The summed E-state index contributed by atoms with van der Waals surface area (Å²) in [6.45, 7) is 4.97. The lowest BCUT2D eigenvalue weighted by Gasteiger charge is -2.34. The largest absolute Gasteiger partial charge is 0.295 e. The molecule has 22 heavy (non-hydrogen) atoms. The lowest BCUT2D eigenvalue weighted by Crippen LogP contribution is -2.45. The smallest absolute Gasteiger partial charge is 0.181 e. The summed E-state index contributed by atoms with van der Waals surface area (Å²) in [5.41, 5.74) is 1.62. The topological polar surface area (TPSA) is 20.3 Å². The van der Waals surface area contributed by atoms with Gasteiger partial charge in [0.15, 0.2) is 5.78 Å². The van der Waals surface area contributed by atoms with Gasteiger partial charge in [-0.2, -0.15) is 0 Å². The van der Waals surface area contributed by atoms with Crippen LogP contribution in [0.5, 0.6) is 0 Å². The van der Waals surface area contributed by atoms with Crippen LogP contribution in [-0.4, -0.2) is 30.3 Å². The molecule has 2 aromatic carbocycles. The number of benzene rings is 2. The standard InChI is InChI=1S/C20H21NO/c1-3-20(17-12-8-5-9-13-17)14-15-21(2)19(20)18(22)16-10-6-4-7-11-16/h3-13,19H,1,14-15H2,2H3. The Kier molecular flexibility index (Phi) is 3.95. The molecule has 112 valence electrons. The molecule has 3 rings (SSSR count). The van der Waals surface area contributed by atoms with Crippen molar-refractivity contribution in [1.29, 1.82) is 0 Å². The van der Waals surface area contributed by atoms with Gasteiger partial charge in [0, 0.05) is 11.0 Å². The van der Waals surface area contributed by atoms with Crippen molar-refractivity contribution >= 4 is 5.78 Å². The van der Waals surface area contributed by atoms with Crippen molar-refractivity contribution in [3.63, 3.8) is 0 Å². The predicted octanol–water partition coefficient (Wildman–Crippen LogP) is 3.70. The van der Waals surface area contributed by atoms with Crippen molar-refractivity contribution in [2.75, 3.05) is 13.6 Å². The lowest BCUT2D eigenvalue weighted by atomic mass is 9.72. The molecule has 0 N–H and O–H groups in total. The van der Waals surface area contributed by atoms with Crippen molar-refractivity contribution in [3.8, 4) is 0 Å². The minimum absolute atomic E-state index is 0.171. The van der Waals surface area contributed by atoms with Crippen LogP contribution in [0.1, 0.15) is 22.3 Å². The predicted molar refractivity (Wildman–Crippen MR) is 90.1 cm³/mol. The molecule has 0 saturated carbocycles. The quantitative estimate of drug-likeness (QED) is 0.632. The number of ketones is 1. The van der Waals surface area contributed by atoms with Crippen LogP contribution in [0.4, 0.5) is 0 Å². The number of hydrogen-bond acceptors (Lipinski definition) is 2. The zero-order chi connectivity index (χ0) is 15.6. The molecule has 2 atom stereocenters. The molecule has 0 aromatic heterocycles. The molecule has 0 spiro atoms. The third kappa shape index (κ3) is 2.30. The van der Waals surface area contributed by atoms with Gasteiger partial charge in [-0.25, -0.2) is 0 Å². The Morgan fingerprint density at radius 1 is 1.14 bits per heavy atom. The Morgan fingerprint density at radius 3 is 2.32 bits per heavy atom. The first-order valence-corrected chi connectivity index (χ1v) is 7.67. The van der Waals surface area contributed by atoms with E-state index in [2.05, 4.69) is 23.6 Å². The van der Waals surface area contributed by atoms with Crippen LogP contribution < -0.4 is 0 Å². The zero-order valence-electron chi connectivity index (χ0n) is 12.9. The number of Topliss-reactive ketones (excluding diaryl/α,β-unsaturated/α-hetero) is 1. The molecule has 1 aliphatic rings. The van der Waals surface area contributed by atoms with E-state index in [1.54, 1.807) is 0 Å². The Balaban J connectivity index is 2.07. The third-order valence-corrected chi connectivity index (χ3v) is 4.79. The first-order chi connectivity index (χ1) is 10.7. The van der Waals surface area contributed by atoms with Crippen LogP contribution in [0.2, 0.25) is 0 Å². The molecule has 1 heterocycles. The van der Waals surface area contributed by atoms with Gasteiger partial charge in [-0.3, -0.25) is 9.69 Å². The fraction of sp³-hybridized carbons (Fsp3) is 0.250. The SMILES string of the molecule is C=CC1(c2ccccc2)CCN(C)C1C(=O)c1ccccc1. The fourth-order valence-electron chi connectivity index (χ4n) is 3.60. The molecule has 1 fully saturated rings. The van der Waals surface area contributed by atoms with Crippen molar-refractivity contribution in [1.82, 2.24) is 4.90 Å². The van der Waals surface area contributed by atoms with Gasteiger partial charge in [0.05, 0.1) is 6.04 Å². The van der Waals surface area contributed by atoms with Gasteiger partial charge in [0.2, 0.25) is 0 Å². The minimum Gasteiger partial charge on any atom is -0.295 e. The summed E-state index contributed by atoms with van der Waals surface area (Å²) in [6.07, 6.45) is 2.89. The van der Waals surface area contributed by atoms with Gasteiger partial charge in [-0.15, -0.1) is 6.58 Å². The number of hydrogen-bond donors (Lipinski definition) is 0. The first kappa shape index (κ1) is 14.7. The minimum atomic E-state index is -0.317. The number of carbonyl (C=O) groups is 1. The van der Waals surface area contributed by atoms with Crippen LogP contribution in [-0.2, 0) is 5.41 Å². The second-order valence-corrected chi connectivity index (χ2v) is 5.97. The highest BCUT2D eigenvalue weighted by atomic mass is 16.1. The highest BCUT2D eigenvalue weighted by Gasteiger charge is 2.48. The maximum absolute atomic E-state index is 13.1. The van der Waals surface area contributed by atoms with Gasteiger partial charge >= 0.3 is 0 Å². The Morgan fingerprint density at radius 2 is 1.73 bits per heavy atom. The summed E-state index contributed by atoms with van der Waals surface area (Å²) in [7, 11) is 2.03. The van der Waals surface area contributed by atoms with Crippen molar-refractivity contribution in [2.45, 2.75) is 17.9 Å². The summed E-state index contributed by atoms with van der Waals surface area (Å²) < 4.78 is 0. The van der Waals surface area contributed by atoms with E-state index in [1.165, 1.54) is 5.56 Å². The Hall–Kier alpha value is -2.19. The normalized spacial score (nSPS) is 25.0. The number of likely N-dealkylation sites (tertiary alicyclic amines) is 1. The third-order valence-electron chi connectivity index (χ3n) is 4.79. The van der Waals surface area contributed by atoms with Crippen LogP contribution in [0.3, 0.4) is 0 Å². The van der Waals surface area contributed by atoms with E-state index in [4.69, 9.17) is 0 Å². The summed E-state index contributed by atoms with van der Waals surface area (Å²) in [5.74, 6) is 0.171. The zero-order valence-corrected chi connectivity index (χ0v) is 12.9. The van der Waals surface area contributed by atoms with E-state index >= 15 is 0 Å². The lowest BCUT2D eigenvalue weighted by molar-refractivity contribution is 0.0855. The van der Waals surface area contributed by atoms with Crippen molar-refractivity contribution < 1.29 is 4.79 Å². The molecule has 0 bridgehead atoms. The maximum Gasteiger partial charge on any atom is 0.181 e. The molecule has 2 heteroatoms. The monoisotopic (exact) mass is 291 g/mol. The average Bonchev–Trinajstić information content (AvgIpc) is 2.93. The van der Waals surface area contributed by atoms with Crippen LogP contribution in [0.15, 0.2) is 73.3 Å². The average molecular weight is 291 g/mol. The molecule has 2 aromatic rings. The van der Waals surface area contributed by atoms with E-state index in [9.17, 15) is 4.79 Å². The molecule has 0 aliphatic carbocycles. The molecule has 2 unspecified atom stereocenters. The second kappa shape index (κ2) is 5.90. The van der Waals surface area contributed by atoms with Crippen LogP contribution >= 0.6 is 0 Å². The second-order valence-electron chi connectivity index (χ2n) is 5.97. The fourth-order valence-corrected chi connectivity index (χ4v) is 3.60. The van der Waals surface area contributed by atoms with Crippen molar-refractivity contribution in [3.05, 3.63) is 84.4 Å². The molecule has 2 nitrogen and oxygen atoms in total. The Bertz CT molecular complexity index is 665. The molecule has 1 saturated heterocycles. The van der Waals surface area contributed by atoms with E-state index in [1.807, 2.05) is 61.7 Å². The molecule has 0 amide bonds.